The first kappa shape index (κ1) is 18.6. The molecular weight excluding hydrogens is 359 g/mol. The van der Waals surface area contributed by atoms with Gasteiger partial charge in [0.05, 0.1) is 18.3 Å². The molecule has 0 bridgehead atoms. The molecule has 1 saturated heterocycles. The number of fused-ring (bicyclic) bond motifs is 1. The Morgan fingerprint density at radius 1 is 0.964 bits per heavy atom. The van der Waals surface area contributed by atoms with Crippen LogP contribution >= 0.6 is 0 Å². The van der Waals surface area contributed by atoms with Crippen molar-refractivity contribution in [2.75, 3.05) is 39.3 Å². The Hall–Kier alpha value is -2.77. The predicted molar refractivity (Wildman–Crippen MR) is 106 cm³/mol. The number of halogens is 1. The Labute approximate surface area is 162 Å². The van der Waals surface area contributed by atoms with Gasteiger partial charge in [0.1, 0.15) is 18.2 Å². The SMILES string of the molecule is O=c1c2ccccc2cnn1CN1CCN(CCOc2ccc(F)cc2)CC1. The molecule has 1 fully saturated rings. The van der Waals surface area contributed by atoms with Gasteiger partial charge in [0.25, 0.3) is 5.56 Å². The van der Waals surface area contributed by atoms with E-state index in [9.17, 15) is 9.18 Å². The number of benzene rings is 2. The van der Waals surface area contributed by atoms with Crippen LogP contribution in [0.4, 0.5) is 4.39 Å². The predicted octanol–water partition coefficient (Wildman–Crippen LogP) is 2.19. The summed E-state index contributed by atoms with van der Waals surface area (Å²) in [7, 11) is 0. The summed E-state index contributed by atoms with van der Waals surface area (Å²) in [4.78, 5) is 17.2. The maximum absolute atomic E-state index is 12.9. The number of piperazine rings is 1. The van der Waals surface area contributed by atoms with E-state index in [0.717, 1.165) is 38.1 Å². The molecule has 2 heterocycles. The number of ether oxygens (including phenoxy) is 1. The van der Waals surface area contributed by atoms with Gasteiger partial charge in [-0.1, -0.05) is 18.2 Å². The van der Waals surface area contributed by atoms with Crippen molar-refractivity contribution in [3.8, 4) is 5.75 Å². The van der Waals surface area contributed by atoms with E-state index in [4.69, 9.17) is 4.74 Å². The monoisotopic (exact) mass is 382 g/mol. The van der Waals surface area contributed by atoms with Crippen LogP contribution in [0.3, 0.4) is 0 Å². The second-order valence-corrected chi connectivity index (χ2v) is 6.94. The minimum atomic E-state index is -0.261. The zero-order valence-electron chi connectivity index (χ0n) is 15.6. The number of hydrogen-bond donors (Lipinski definition) is 0. The van der Waals surface area contributed by atoms with Crippen LogP contribution in [0, 0.1) is 5.82 Å². The number of aromatic nitrogens is 2. The fraction of sp³-hybridized carbons (Fsp3) is 0.333. The second-order valence-electron chi connectivity index (χ2n) is 6.94. The molecule has 0 N–H and O–H groups in total. The molecule has 2 aromatic carbocycles. The molecule has 3 aromatic rings. The first-order valence-corrected chi connectivity index (χ1v) is 9.47. The molecule has 0 radical (unpaired) electrons. The summed E-state index contributed by atoms with van der Waals surface area (Å²) >= 11 is 0. The van der Waals surface area contributed by atoms with Crippen molar-refractivity contribution in [2.24, 2.45) is 0 Å². The molecule has 0 saturated carbocycles. The van der Waals surface area contributed by atoms with Crippen LogP contribution in [0.2, 0.25) is 0 Å². The highest BCUT2D eigenvalue weighted by molar-refractivity contribution is 5.80. The quantitative estimate of drug-likeness (QED) is 0.654. The van der Waals surface area contributed by atoms with E-state index in [2.05, 4.69) is 14.9 Å². The Bertz CT molecular complexity index is 982. The summed E-state index contributed by atoms with van der Waals surface area (Å²) in [6, 6.07) is 13.6. The lowest BCUT2D eigenvalue weighted by atomic mass is 10.2. The third kappa shape index (κ3) is 4.37. The van der Waals surface area contributed by atoms with Crippen LogP contribution in [0.25, 0.3) is 10.8 Å². The average molecular weight is 382 g/mol. The van der Waals surface area contributed by atoms with Gasteiger partial charge in [0, 0.05) is 38.1 Å². The Morgan fingerprint density at radius 2 is 1.68 bits per heavy atom. The first-order valence-electron chi connectivity index (χ1n) is 9.47. The lowest BCUT2D eigenvalue weighted by Gasteiger charge is -2.34. The molecule has 1 aromatic heterocycles. The van der Waals surface area contributed by atoms with Crippen molar-refractivity contribution in [3.05, 3.63) is 70.9 Å². The van der Waals surface area contributed by atoms with Crippen LogP contribution in [-0.2, 0) is 6.67 Å². The van der Waals surface area contributed by atoms with Crippen molar-refractivity contribution >= 4 is 10.8 Å². The number of nitrogens with zero attached hydrogens (tertiary/aromatic N) is 4. The zero-order chi connectivity index (χ0) is 19.3. The molecule has 28 heavy (non-hydrogen) atoms. The van der Waals surface area contributed by atoms with Crippen LogP contribution in [0.15, 0.2) is 59.5 Å². The standard InChI is InChI=1S/C21H23FN4O2/c22-18-5-7-19(8-6-18)28-14-13-24-9-11-25(12-10-24)16-26-21(27)20-4-2-1-3-17(20)15-23-26/h1-8,15H,9-14,16H2. The molecule has 1 aliphatic rings. The van der Waals surface area contributed by atoms with Crippen molar-refractivity contribution in [1.29, 1.82) is 0 Å². The van der Waals surface area contributed by atoms with Crippen molar-refractivity contribution in [1.82, 2.24) is 19.6 Å². The fourth-order valence-electron chi connectivity index (χ4n) is 3.40. The van der Waals surface area contributed by atoms with Crippen molar-refractivity contribution < 1.29 is 9.13 Å². The van der Waals surface area contributed by atoms with Gasteiger partial charge < -0.3 is 4.74 Å². The highest BCUT2D eigenvalue weighted by atomic mass is 19.1. The van der Waals surface area contributed by atoms with E-state index < -0.39 is 0 Å². The first-order chi connectivity index (χ1) is 13.7. The van der Waals surface area contributed by atoms with E-state index in [-0.39, 0.29) is 11.4 Å². The summed E-state index contributed by atoms with van der Waals surface area (Å²) in [6.45, 7) is 5.46. The molecule has 7 heteroatoms. The van der Waals surface area contributed by atoms with Gasteiger partial charge in [0.2, 0.25) is 0 Å². The maximum atomic E-state index is 12.9. The highest BCUT2D eigenvalue weighted by Gasteiger charge is 2.18. The summed E-state index contributed by atoms with van der Waals surface area (Å²) in [5.74, 6) is 0.422. The number of hydrogen-bond acceptors (Lipinski definition) is 5. The summed E-state index contributed by atoms with van der Waals surface area (Å²) < 4.78 is 20.1. The normalized spacial score (nSPS) is 15.8. The second kappa shape index (κ2) is 8.50. The maximum Gasteiger partial charge on any atom is 0.275 e. The Kier molecular flexibility index (Phi) is 5.64. The fourth-order valence-corrected chi connectivity index (χ4v) is 3.40. The molecule has 0 aliphatic carbocycles. The van der Waals surface area contributed by atoms with Gasteiger partial charge in [-0.3, -0.25) is 14.6 Å². The Morgan fingerprint density at radius 3 is 2.46 bits per heavy atom. The highest BCUT2D eigenvalue weighted by Crippen LogP contribution is 2.11. The third-order valence-corrected chi connectivity index (χ3v) is 5.05. The molecule has 4 rings (SSSR count). The minimum Gasteiger partial charge on any atom is -0.492 e. The van der Waals surface area contributed by atoms with Gasteiger partial charge in [0.15, 0.2) is 0 Å². The van der Waals surface area contributed by atoms with Crippen molar-refractivity contribution in [3.63, 3.8) is 0 Å². The smallest absolute Gasteiger partial charge is 0.275 e. The summed E-state index contributed by atoms with van der Waals surface area (Å²) in [6.07, 6.45) is 1.75. The van der Waals surface area contributed by atoms with Gasteiger partial charge in [-0.05, 0) is 30.3 Å². The lowest BCUT2D eigenvalue weighted by Crippen LogP contribution is -2.48. The molecule has 0 unspecified atom stereocenters. The van der Waals surface area contributed by atoms with Crippen LogP contribution < -0.4 is 10.3 Å². The molecule has 0 amide bonds. The van der Waals surface area contributed by atoms with E-state index in [1.807, 2.05) is 24.3 Å². The average Bonchev–Trinajstić information content (AvgIpc) is 2.73. The molecule has 146 valence electrons. The van der Waals surface area contributed by atoms with Gasteiger partial charge in [-0.2, -0.15) is 5.10 Å². The van der Waals surface area contributed by atoms with E-state index in [1.165, 1.54) is 16.8 Å². The minimum absolute atomic E-state index is 0.0479. The molecular formula is C21H23FN4O2. The van der Waals surface area contributed by atoms with Gasteiger partial charge in [-0.25, -0.2) is 9.07 Å². The number of rotatable bonds is 6. The van der Waals surface area contributed by atoms with E-state index in [0.29, 0.717) is 24.4 Å². The molecule has 1 aliphatic heterocycles. The Balaban J connectivity index is 1.26. The van der Waals surface area contributed by atoms with Crippen LogP contribution in [0.1, 0.15) is 0 Å². The van der Waals surface area contributed by atoms with E-state index in [1.54, 1.807) is 18.3 Å². The lowest BCUT2D eigenvalue weighted by molar-refractivity contribution is 0.0913. The van der Waals surface area contributed by atoms with Gasteiger partial charge >= 0.3 is 0 Å². The summed E-state index contributed by atoms with van der Waals surface area (Å²) in [5.41, 5.74) is -0.0479. The third-order valence-electron chi connectivity index (χ3n) is 5.05. The van der Waals surface area contributed by atoms with Gasteiger partial charge in [-0.15, -0.1) is 0 Å². The molecule has 0 atom stereocenters. The summed E-state index contributed by atoms with van der Waals surface area (Å²) in [5, 5.41) is 5.88. The van der Waals surface area contributed by atoms with Crippen molar-refractivity contribution in [2.45, 2.75) is 6.67 Å². The topological polar surface area (TPSA) is 50.6 Å². The zero-order valence-corrected chi connectivity index (χ0v) is 15.6. The van der Waals surface area contributed by atoms with Crippen LogP contribution in [0.5, 0.6) is 5.75 Å². The largest absolute Gasteiger partial charge is 0.492 e. The van der Waals surface area contributed by atoms with Crippen LogP contribution in [-0.4, -0.2) is 58.9 Å². The molecule has 6 nitrogen and oxygen atoms in total. The van der Waals surface area contributed by atoms with E-state index >= 15 is 0 Å². The molecule has 0 spiro atoms.